The van der Waals surface area contributed by atoms with Gasteiger partial charge in [0.25, 0.3) is 0 Å². The van der Waals surface area contributed by atoms with Gasteiger partial charge in [0.1, 0.15) is 5.01 Å². The van der Waals surface area contributed by atoms with E-state index in [0.717, 1.165) is 30.2 Å². The molecule has 2 N–H and O–H groups in total. The van der Waals surface area contributed by atoms with Gasteiger partial charge in [-0.3, -0.25) is 0 Å². The highest BCUT2D eigenvalue weighted by Crippen LogP contribution is 2.35. The fourth-order valence-corrected chi connectivity index (χ4v) is 3.36. The van der Waals surface area contributed by atoms with Crippen molar-refractivity contribution in [3.05, 3.63) is 16.1 Å². The number of hydrogen-bond acceptors (Lipinski definition) is 4. The standard InChI is InChI=1S/C13H22N2OS/c1-9-7-13(14,5-6-16-9)11-15-10(8-17-11)12(2,3)4/h8-9H,5-7,14H2,1-4H3. The molecule has 1 saturated heterocycles. The van der Waals surface area contributed by atoms with Crippen LogP contribution < -0.4 is 5.73 Å². The molecule has 1 fully saturated rings. The van der Waals surface area contributed by atoms with E-state index in [0.29, 0.717) is 0 Å². The highest BCUT2D eigenvalue weighted by molar-refractivity contribution is 7.09. The zero-order valence-electron chi connectivity index (χ0n) is 11.1. The van der Waals surface area contributed by atoms with E-state index in [1.165, 1.54) is 0 Å². The van der Waals surface area contributed by atoms with E-state index >= 15 is 0 Å². The van der Waals surface area contributed by atoms with Gasteiger partial charge in [-0.15, -0.1) is 11.3 Å². The number of hydrogen-bond donors (Lipinski definition) is 1. The van der Waals surface area contributed by atoms with Crippen molar-refractivity contribution >= 4 is 11.3 Å². The summed E-state index contributed by atoms with van der Waals surface area (Å²) >= 11 is 1.69. The molecule has 1 aromatic rings. The third kappa shape index (κ3) is 2.69. The van der Waals surface area contributed by atoms with Crippen molar-refractivity contribution in [1.29, 1.82) is 0 Å². The normalized spacial score (nSPS) is 30.5. The van der Waals surface area contributed by atoms with Gasteiger partial charge in [-0.25, -0.2) is 4.98 Å². The topological polar surface area (TPSA) is 48.1 Å². The number of nitrogens with two attached hydrogens (primary N) is 1. The molecule has 2 atom stereocenters. The molecular formula is C13H22N2OS. The average Bonchev–Trinajstić information content (AvgIpc) is 2.65. The van der Waals surface area contributed by atoms with E-state index in [9.17, 15) is 0 Å². The van der Waals surface area contributed by atoms with Crippen molar-refractivity contribution in [2.75, 3.05) is 6.61 Å². The second-order valence-corrected chi connectivity index (χ2v) is 6.94. The van der Waals surface area contributed by atoms with Gasteiger partial charge in [0.15, 0.2) is 0 Å². The molecule has 17 heavy (non-hydrogen) atoms. The Labute approximate surface area is 107 Å². The first-order valence-electron chi connectivity index (χ1n) is 6.18. The molecule has 4 heteroatoms. The van der Waals surface area contributed by atoms with Gasteiger partial charge >= 0.3 is 0 Å². The number of ether oxygens (including phenoxy) is 1. The van der Waals surface area contributed by atoms with Crippen LogP contribution in [0.15, 0.2) is 5.38 Å². The van der Waals surface area contributed by atoms with Crippen LogP contribution >= 0.6 is 11.3 Å². The molecule has 0 aliphatic carbocycles. The Hall–Kier alpha value is -0.450. The number of aromatic nitrogens is 1. The molecule has 1 aliphatic rings. The molecule has 0 saturated carbocycles. The maximum atomic E-state index is 6.50. The quantitative estimate of drug-likeness (QED) is 0.838. The fraction of sp³-hybridized carbons (Fsp3) is 0.769. The van der Waals surface area contributed by atoms with Crippen LogP contribution in [0, 0.1) is 0 Å². The molecule has 0 bridgehead atoms. The molecule has 96 valence electrons. The van der Waals surface area contributed by atoms with Crippen molar-refractivity contribution in [2.24, 2.45) is 5.73 Å². The van der Waals surface area contributed by atoms with Crippen LogP contribution in [0.25, 0.3) is 0 Å². The summed E-state index contributed by atoms with van der Waals surface area (Å²) in [5.74, 6) is 0. The Morgan fingerprint density at radius 3 is 2.76 bits per heavy atom. The van der Waals surface area contributed by atoms with E-state index in [1.807, 2.05) is 0 Å². The monoisotopic (exact) mass is 254 g/mol. The summed E-state index contributed by atoms with van der Waals surface area (Å²) in [4.78, 5) is 4.75. The van der Waals surface area contributed by atoms with Crippen LogP contribution in [-0.4, -0.2) is 17.7 Å². The van der Waals surface area contributed by atoms with Crippen molar-refractivity contribution < 1.29 is 4.74 Å². The first kappa shape index (κ1) is 13.0. The molecule has 2 unspecified atom stereocenters. The van der Waals surface area contributed by atoms with Crippen LogP contribution in [0.2, 0.25) is 0 Å². The fourth-order valence-electron chi connectivity index (χ4n) is 2.16. The van der Waals surface area contributed by atoms with Crippen LogP contribution in [-0.2, 0) is 15.7 Å². The van der Waals surface area contributed by atoms with Crippen LogP contribution in [0.3, 0.4) is 0 Å². The Morgan fingerprint density at radius 1 is 1.53 bits per heavy atom. The first-order chi connectivity index (χ1) is 7.81. The number of rotatable bonds is 1. The second kappa shape index (κ2) is 4.34. The highest BCUT2D eigenvalue weighted by atomic mass is 32.1. The zero-order valence-corrected chi connectivity index (χ0v) is 11.9. The minimum Gasteiger partial charge on any atom is -0.378 e. The van der Waals surface area contributed by atoms with E-state index in [4.69, 9.17) is 15.5 Å². The van der Waals surface area contributed by atoms with Crippen molar-refractivity contribution in [1.82, 2.24) is 4.98 Å². The number of thiazole rings is 1. The van der Waals surface area contributed by atoms with E-state index in [2.05, 4.69) is 33.1 Å². The molecule has 0 spiro atoms. The van der Waals surface area contributed by atoms with Crippen molar-refractivity contribution in [2.45, 2.75) is 57.6 Å². The molecule has 2 heterocycles. The molecule has 0 radical (unpaired) electrons. The molecule has 0 amide bonds. The van der Waals surface area contributed by atoms with Gasteiger partial charge in [0, 0.05) is 17.4 Å². The first-order valence-corrected chi connectivity index (χ1v) is 7.06. The Morgan fingerprint density at radius 2 is 2.24 bits per heavy atom. The van der Waals surface area contributed by atoms with Gasteiger partial charge in [-0.05, 0) is 19.8 Å². The molecule has 1 aromatic heterocycles. The second-order valence-electron chi connectivity index (χ2n) is 6.08. The van der Waals surface area contributed by atoms with Crippen molar-refractivity contribution in [3.63, 3.8) is 0 Å². The third-order valence-electron chi connectivity index (χ3n) is 3.30. The van der Waals surface area contributed by atoms with Crippen molar-refractivity contribution in [3.8, 4) is 0 Å². The lowest BCUT2D eigenvalue weighted by Gasteiger charge is -2.35. The summed E-state index contributed by atoms with van der Waals surface area (Å²) in [6.45, 7) is 9.37. The third-order valence-corrected chi connectivity index (χ3v) is 4.36. The van der Waals surface area contributed by atoms with Crippen LogP contribution in [0.4, 0.5) is 0 Å². The molecule has 1 aliphatic heterocycles. The van der Waals surface area contributed by atoms with E-state index < -0.39 is 0 Å². The Balaban J connectivity index is 2.24. The summed E-state index contributed by atoms with van der Waals surface area (Å²) in [6, 6.07) is 0. The molecule has 0 aromatic carbocycles. The van der Waals surface area contributed by atoms with E-state index in [-0.39, 0.29) is 17.1 Å². The summed E-state index contributed by atoms with van der Waals surface area (Å²) in [7, 11) is 0. The Bertz CT molecular complexity index is 396. The van der Waals surface area contributed by atoms with Gasteiger partial charge in [0.05, 0.1) is 17.3 Å². The van der Waals surface area contributed by atoms with E-state index in [1.54, 1.807) is 11.3 Å². The summed E-state index contributed by atoms with van der Waals surface area (Å²) in [5, 5.41) is 3.21. The Kier molecular flexibility index (Phi) is 3.31. The van der Waals surface area contributed by atoms with Gasteiger partial charge in [0.2, 0.25) is 0 Å². The lowest BCUT2D eigenvalue weighted by molar-refractivity contribution is -0.00897. The predicted molar refractivity (Wildman–Crippen MR) is 71.3 cm³/mol. The predicted octanol–water partition coefficient (Wildman–Crippen LogP) is 2.79. The van der Waals surface area contributed by atoms with Crippen LogP contribution in [0.5, 0.6) is 0 Å². The van der Waals surface area contributed by atoms with Gasteiger partial charge < -0.3 is 10.5 Å². The minimum absolute atomic E-state index is 0.0991. The lowest BCUT2D eigenvalue weighted by Crippen LogP contribution is -2.45. The van der Waals surface area contributed by atoms with Gasteiger partial charge in [-0.1, -0.05) is 20.8 Å². The average molecular weight is 254 g/mol. The van der Waals surface area contributed by atoms with Gasteiger partial charge in [-0.2, -0.15) is 0 Å². The lowest BCUT2D eigenvalue weighted by atomic mass is 9.88. The maximum absolute atomic E-state index is 6.50. The zero-order chi connectivity index (χ0) is 12.7. The number of nitrogens with zero attached hydrogens (tertiary/aromatic N) is 1. The SMILES string of the molecule is CC1CC(N)(c2nc(C(C)(C)C)cs2)CCO1. The summed E-state index contributed by atoms with van der Waals surface area (Å²) < 4.78 is 5.57. The smallest absolute Gasteiger partial charge is 0.113 e. The summed E-state index contributed by atoms with van der Waals surface area (Å²) in [5.41, 5.74) is 7.45. The molecule has 2 rings (SSSR count). The largest absolute Gasteiger partial charge is 0.378 e. The minimum atomic E-state index is -0.286. The molecular weight excluding hydrogens is 232 g/mol. The highest BCUT2D eigenvalue weighted by Gasteiger charge is 2.36. The maximum Gasteiger partial charge on any atom is 0.113 e. The van der Waals surface area contributed by atoms with Crippen LogP contribution in [0.1, 0.15) is 51.2 Å². The molecule has 3 nitrogen and oxygen atoms in total. The summed E-state index contributed by atoms with van der Waals surface area (Å²) in [6.07, 6.45) is 1.97.